The van der Waals surface area contributed by atoms with E-state index >= 15 is 0 Å². The molecule has 1 aromatic carbocycles. The summed E-state index contributed by atoms with van der Waals surface area (Å²) in [6.45, 7) is 6.76. The maximum atomic E-state index is 2.35. The third-order valence-electron chi connectivity index (χ3n) is 2.32. The Balaban J connectivity index is 3.28. The van der Waals surface area contributed by atoms with Crippen LogP contribution in [0.15, 0.2) is 12.1 Å². The Labute approximate surface area is 82.4 Å². The second-order valence-corrected chi connectivity index (χ2v) is 24.2. The molecule has 0 atom stereocenters. The lowest BCUT2D eigenvalue weighted by Crippen LogP contribution is -2.35. The summed E-state index contributed by atoms with van der Waals surface area (Å²) in [5.41, 5.74) is 4.55. The molecule has 0 saturated carbocycles. The lowest BCUT2D eigenvalue weighted by Gasteiger charge is -2.13. The molecule has 1 aromatic rings. The molecule has 0 aromatic heterocycles. The van der Waals surface area contributed by atoms with Crippen LogP contribution in [0, 0.1) is 20.8 Å². The maximum absolute atomic E-state index is 2.35. The topological polar surface area (TPSA) is 0 Å². The molecule has 12 heavy (non-hydrogen) atoms. The van der Waals surface area contributed by atoms with Gasteiger partial charge in [0.15, 0.2) is 0 Å². The molecule has 0 nitrogen and oxygen atoms in total. The number of rotatable bonds is 1. The molecule has 0 amide bonds. The molecule has 0 aliphatic heterocycles. The molecule has 0 aliphatic carbocycles. The van der Waals surface area contributed by atoms with E-state index in [1.807, 2.05) is 0 Å². The highest BCUT2D eigenvalue weighted by atomic mass is 29.5. The molecule has 0 heterocycles. The van der Waals surface area contributed by atoms with Crippen LogP contribution in [0.4, 0.5) is 0 Å². The van der Waals surface area contributed by atoms with Crippen LogP contribution in [0.3, 0.4) is 0 Å². The van der Waals surface area contributed by atoms with Gasteiger partial charge in [0.05, 0.1) is 0 Å². The van der Waals surface area contributed by atoms with Crippen molar-refractivity contribution in [3.05, 3.63) is 28.8 Å². The van der Waals surface area contributed by atoms with Crippen molar-refractivity contribution in [2.24, 2.45) is 0 Å². The van der Waals surface area contributed by atoms with Gasteiger partial charge in [0.1, 0.15) is 0 Å². The van der Waals surface area contributed by atoms with E-state index in [1.165, 1.54) is 25.1 Å². The number of benzene rings is 1. The van der Waals surface area contributed by atoms with Gasteiger partial charge in [0.2, 0.25) is 0 Å². The summed E-state index contributed by atoms with van der Waals surface area (Å²) >= 11 is 0. The van der Waals surface area contributed by atoms with Crippen molar-refractivity contribution in [2.45, 2.75) is 20.8 Å². The Morgan fingerprint density at radius 2 is 1.42 bits per heavy atom. The second-order valence-electron chi connectivity index (χ2n) is 3.97. The van der Waals surface area contributed by atoms with Crippen LogP contribution in [-0.4, -0.2) is 27.4 Å². The molecule has 1 rings (SSSR count). The molecule has 0 spiro atoms. The molecule has 0 fully saturated rings. The van der Waals surface area contributed by atoms with Crippen molar-refractivity contribution in [1.29, 1.82) is 0 Å². The van der Waals surface area contributed by atoms with Crippen molar-refractivity contribution in [3.63, 3.8) is 0 Å². The first-order valence-corrected chi connectivity index (χ1v) is 14.4. The van der Waals surface area contributed by atoms with Crippen LogP contribution in [0.25, 0.3) is 0 Å². The van der Waals surface area contributed by atoms with Gasteiger partial charge in [-0.3, -0.25) is 0 Å². The van der Waals surface area contributed by atoms with Gasteiger partial charge in [-0.15, -0.1) is 0 Å². The highest BCUT2D eigenvalue weighted by Gasteiger charge is 2.07. The Hall–Kier alpha value is -0.129. The Bertz CT molecular complexity index is 269. The minimum absolute atomic E-state index is 0.350. The minimum Gasteiger partial charge on any atom is -0.0645 e. The highest BCUT2D eigenvalue weighted by molar-refractivity contribution is 7.35. The average Bonchev–Trinajstić information content (AvgIpc) is 1.82. The zero-order valence-corrected chi connectivity index (χ0v) is 13.9. The van der Waals surface area contributed by atoms with Gasteiger partial charge in [-0.2, -0.15) is 0 Å². The van der Waals surface area contributed by atoms with Crippen molar-refractivity contribution in [1.82, 2.24) is 0 Å². The van der Waals surface area contributed by atoms with Crippen LogP contribution in [0.1, 0.15) is 16.7 Å². The van der Waals surface area contributed by atoms with Gasteiger partial charge >= 0.3 is 0 Å². The van der Waals surface area contributed by atoms with E-state index in [1.54, 1.807) is 16.3 Å². The van der Waals surface area contributed by atoms with E-state index in [9.17, 15) is 0 Å². The van der Waals surface area contributed by atoms with Crippen LogP contribution in [0.5, 0.6) is 0 Å². The fraction of sp³-hybridized carbons (Fsp3) is 0.333. The third-order valence-corrected chi connectivity index (χ3v) is 7.84. The molecule has 3 heteroatoms. The summed E-state index contributed by atoms with van der Waals surface area (Å²) in [5, 5.41) is 1.78. The smallest absolute Gasteiger partial charge is 0.0389 e. The quantitative estimate of drug-likeness (QED) is 0.510. The van der Waals surface area contributed by atoms with Crippen molar-refractivity contribution < 1.29 is 0 Å². The Kier molecular flexibility index (Phi) is 3.09. The molecule has 0 bridgehead atoms. The fourth-order valence-electron chi connectivity index (χ4n) is 2.10. The first-order chi connectivity index (χ1) is 5.52. The summed E-state index contributed by atoms with van der Waals surface area (Å²) in [7, 11) is 2.55. The van der Waals surface area contributed by atoms with Crippen molar-refractivity contribution >= 4 is 32.5 Å². The molecule has 0 N–H and O–H groups in total. The van der Waals surface area contributed by atoms with Gasteiger partial charge < -0.3 is 0 Å². The van der Waals surface area contributed by atoms with E-state index in [0.717, 1.165) is 0 Å². The summed E-state index contributed by atoms with van der Waals surface area (Å²) in [4.78, 5) is 0. The van der Waals surface area contributed by atoms with E-state index in [-0.39, 0.29) is 7.83 Å². The predicted octanol–water partition coefficient (Wildman–Crippen LogP) is -1.23. The van der Waals surface area contributed by atoms with Crippen LogP contribution in [0.2, 0.25) is 0 Å². The summed E-state index contributed by atoms with van der Waals surface area (Å²) in [6, 6.07) is 4.69. The van der Waals surface area contributed by atoms with Gasteiger partial charge in [-0.05, 0) is 40.3 Å². The summed E-state index contributed by atoms with van der Waals surface area (Å²) < 4.78 is 0. The van der Waals surface area contributed by atoms with Gasteiger partial charge in [-0.25, -0.2) is 0 Å². The SMILES string of the molecule is Cc1cc(C)c([SiH]([SiH3])[SiH3])c(C)c1. The minimum atomic E-state index is -0.350. The maximum Gasteiger partial charge on any atom is 0.0389 e. The molecular formula is C9H18Si3. The largest absolute Gasteiger partial charge is 0.0645 e. The van der Waals surface area contributed by atoms with Gasteiger partial charge in [0, 0.05) is 7.83 Å². The second kappa shape index (κ2) is 3.72. The van der Waals surface area contributed by atoms with Crippen molar-refractivity contribution in [2.75, 3.05) is 0 Å². The number of hydrogen-bond donors (Lipinski definition) is 0. The van der Waals surface area contributed by atoms with Crippen LogP contribution >= 0.6 is 0 Å². The zero-order chi connectivity index (χ0) is 9.30. The van der Waals surface area contributed by atoms with E-state index < -0.39 is 0 Å². The first kappa shape index (κ1) is 9.95. The lowest BCUT2D eigenvalue weighted by molar-refractivity contribution is 1.35. The average molecular weight is 211 g/mol. The Morgan fingerprint density at radius 3 is 1.75 bits per heavy atom. The molecular weight excluding hydrogens is 192 g/mol. The fourth-order valence-corrected chi connectivity index (χ4v) is 9.55. The van der Waals surface area contributed by atoms with E-state index in [0.29, 0.717) is 0 Å². The third kappa shape index (κ3) is 1.97. The standard InChI is InChI=1S/C9H18Si3/c1-6-4-7(2)9(12(10)11)8(3)5-6/h4-5,12H,1-3,10-11H3. The van der Waals surface area contributed by atoms with E-state index in [4.69, 9.17) is 0 Å². The van der Waals surface area contributed by atoms with Crippen LogP contribution < -0.4 is 5.19 Å². The number of aryl methyl sites for hydroxylation is 3. The number of hydrogen-bond acceptors (Lipinski definition) is 0. The highest BCUT2D eigenvalue weighted by Crippen LogP contribution is 2.05. The Morgan fingerprint density at radius 1 is 1.00 bits per heavy atom. The molecule has 0 aliphatic rings. The predicted molar refractivity (Wildman–Crippen MR) is 67.3 cm³/mol. The molecule has 0 radical (unpaired) electrons. The molecule has 0 unspecified atom stereocenters. The molecule has 66 valence electrons. The molecule has 0 saturated heterocycles. The lowest BCUT2D eigenvalue weighted by atomic mass is 10.1. The summed E-state index contributed by atoms with van der Waals surface area (Å²) in [5.74, 6) is 0. The first-order valence-electron chi connectivity index (χ1n) is 4.60. The van der Waals surface area contributed by atoms with Crippen molar-refractivity contribution in [3.8, 4) is 0 Å². The zero-order valence-electron chi connectivity index (χ0n) is 8.73. The normalized spacial score (nSPS) is 13.6. The van der Waals surface area contributed by atoms with Gasteiger partial charge in [0.25, 0.3) is 0 Å². The van der Waals surface area contributed by atoms with Gasteiger partial charge in [-0.1, -0.05) is 34.0 Å². The van der Waals surface area contributed by atoms with E-state index in [2.05, 4.69) is 32.9 Å². The monoisotopic (exact) mass is 210 g/mol. The van der Waals surface area contributed by atoms with Crippen LogP contribution in [-0.2, 0) is 0 Å². The summed E-state index contributed by atoms with van der Waals surface area (Å²) in [6.07, 6.45) is 0.